The van der Waals surface area contributed by atoms with Crippen LogP contribution in [0, 0.1) is 19.8 Å². The van der Waals surface area contributed by atoms with Crippen LogP contribution in [-0.4, -0.2) is 40.5 Å². The van der Waals surface area contributed by atoms with Crippen LogP contribution in [0.1, 0.15) is 54.7 Å². The first kappa shape index (κ1) is 22.7. The Hall–Kier alpha value is -2.50. The van der Waals surface area contributed by atoms with E-state index in [-0.39, 0.29) is 11.7 Å². The zero-order valence-corrected chi connectivity index (χ0v) is 19.6. The van der Waals surface area contributed by atoms with E-state index in [1.807, 2.05) is 25.1 Å². The molecular weight excluding hydrogens is 398 g/mol. The molecule has 0 amide bonds. The van der Waals surface area contributed by atoms with E-state index >= 15 is 0 Å². The van der Waals surface area contributed by atoms with E-state index < -0.39 is 0 Å². The topological polar surface area (TPSA) is 46.8 Å². The van der Waals surface area contributed by atoms with Gasteiger partial charge in [0.2, 0.25) is 0 Å². The molecule has 1 saturated heterocycles. The van der Waals surface area contributed by atoms with Gasteiger partial charge in [-0.2, -0.15) is 0 Å². The molecule has 170 valence electrons. The van der Waals surface area contributed by atoms with E-state index in [0.717, 1.165) is 63.2 Å². The van der Waals surface area contributed by atoms with E-state index in [4.69, 9.17) is 4.74 Å². The molecule has 0 saturated carbocycles. The van der Waals surface area contributed by atoms with Crippen LogP contribution >= 0.6 is 0 Å². The van der Waals surface area contributed by atoms with Crippen LogP contribution in [0.2, 0.25) is 0 Å². The van der Waals surface area contributed by atoms with Gasteiger partial charge in [0, 0.05) is 30.6 Å². The van der Waals surface area contributed by atoms with Crippen molar-refractivity contribution in [3.63, 3.8) is 0 Å². The predicted octanol–water partition coefficient (Wildman–Crippen LogP) is 4.73. The molecule has 3 aromatic rings. The molecule has 2 aromatic heterocycles. The Morgan fingerprint density at radius 1 is 1.09 bits per heavy atom. The highest BCUT2D eigenvalue weighted by Crippen LogP contribution is 2.34. The summed E-state index contributed by atoms with van der Waals surface area (Å²) in [6.45, 7) is 10.0. The van der Waals surface area contributed by atoms with Crippen LogP contribution in [0.15, 0.2) is 53.5 Å². The first-order valence-corrected chi connectivity index (χ1v) is 11.9. The highest BCUT2D eigenvalue weighted by Gasteiger charge is 2.28. The third-order valence-electron chi connectivity index (χ3n) is 6.68. The quantitative estimate of drug-likeness (QED) is 0.515. The van der Waals surface area contributed by atoms with Crippen molar-refractivity contribution in [2.45, 2.75) is 52.6 Å². The highest BCUT2D eigenvalue weighted by molar-refractivity contribution is 5.40. The number of rotatable bonds is 8. The second-order valence-electron chi connectivity index (χ2n) is 9.04. The summed E-state index contributed by atoms with van der Waals surface area (Å²) in [6, 6.07) is 14.5. The van der Waals surface area contributed by atoms with Gasteiger partial charge in [0.05, 0.1) is 6.10 Å². The maximum absolute atomic E-state index is 12.9. The van der Waals surface area contributed by atoms with E-state index in [2.05, 4.69) is 48.0 Å². The summed E-state index contributed by atoms with van der Waals surface area (Å²) >= 11 is 0. The fraction of sp³-hybridized carbons (Fsp3) is 0.481. The minimum absolute atomic E-state index is 0.0652. The van der Waals surface area contributed by atoms with Gasteiger partial charge < -0.3 is 9.64 Å². The second-order valence-corrected chi connectivity index (χ2v) is 9.04. The lowest BCUT2D eigenvalue weighted by molar-refractivity contribution is -0.0111. The predicted molar refractivity (Wildman–Crippen MR) is 129 cm³/mol. The van der Waals surface area contributed by atoms with Gasteiger partial charge in [0.15, 0.2) is 0 Å². The Balaban J connectivity index is 1.38. The lowest BCUT2D eigenvalue weighted by Gasteiger charge is -2.36. The normalized spacial score (nSPS) is 16.5. The van der Waals surface area contributed by atoms with E-state index in [0.29, 0.717) is 11.6 Å². The molecule has 4 rings (SSSR count). The van der Waals surface area contributed by atoms with Gasteiger partial charge in [-0.1, -0.05) is 42.8 Å². The summed E-state index contributed by atoms with van der Waals surface area (Å²) in [5, 5.41) is 0. The zero-order chi connectivity index (χ0) is 22.5. The molecule has 1 aromatic carbocycles. The highest BCUT2D eigenvalue weighted by atomic mass is 16.5. The van der Waals surface area contributed by atoms with Crippen LogP contribution < -0.4 is 5.56 Å². The Bertz CT molecular complexity index is 1080. The molecule has 5 nitrogen and oxygen atoms in total. The number of aryl methyl sites for hydroxylation is 2. The van der Waals surface area contributed by atoms with Crippen molar-refractivity contribution >= 4 is 5.65 Å². The summed E-state index contributed by atoms with van der Waals surface area (Å²) in [5.41, 5.74) is 5.05. The van der Waals surface area contributed by atoms with Crippen molar-refractivity contribution in [2.24, 2.45) is 5.92 Å². The van der Waals surface area contributed by atoms with Crippen LogP contribution in [0.25, 0.3) is 5.65 Å². The average Bonchev–Trinajstić information content (AvgIpc) is 2.81. The molecular formula is C27H35N3O2. The Morgan fingerprint density at radius 2 is 1.84 bits per heavy atom. The number of hydrogen-bond acceptors (Lipinski definition) is 4. The van der Waals surface area contributed by atoms with E-state index in [1.165, 1.54) is 11.1 Å². The summed E-state index contributed by atoms with van der Waals surface area (Å²) < 4.78 is 7.98. The van der Waals surface area contributed by atoms with Crippen LogP contribution in [0.3, 0.4) is 0 Å². The van der Waals surface area contributed by atoms with Gasteiger partial charge in [-0.15, -0.1) is 0 Å². The molecule has 0 N–H and O–H groups in total. The molecule has 0 aliphatic carbocycles. The molecule has 0 bridgehead atoms. The van der Waals surface area contributed by atoms with Gasteiger partial charge in [-0.25, -0.2) is 4.98 Å². The van der Waals surface area contributed by atoms with Crippen molar-refractivity contribution in [1.29, 1.82) is 0 Å². The lowest BCUT2D eigenvalue weighted by Crippen LogP contribution is -2.38. The fourth-order valence-corrected chi connectivity index (χ4v) is 4.78. The third-order valence-corrected chi connectivity index (χ3v) is 6.68. The molecule has 0 radical (unpaired) electrons. The molecule has 1 fully saturated rings. The first-order chi connectivity index (χ1) is 15.6. The van der Waals surface area contributed by atoms with Gasteiger partial charge >= 0.3 is 0 Å². The number of pyridine rings is 1. The fourth-order valence-electron chi connectivity index (χ4n) is 4.78. The lowest BCUT2D eigenvalue weighted by atomic mass is 9.87. The molecule has 0 spiro atoms. The maximum atomic E-state index is 12.9. The molecule has 3 heterocycles. The number of likely N-dealkylation sites (tertiary alicyclic amines) is 1. The zero-order valence-electron chi connectivity index (χ0n) is 19.6. The van der Waals surface area contributed by atoms with E-state index in [1.54, 1.807) is 10.6 Å². The minimum Gasteiger partial charge on any atom is -0.373 e. The van der Waals surface area contributed by atoms with Gasteiger partial charge in [-0.3, -0.25) is 9.20 Å². The Labute approximate surface area is 191 Å². The van der Waals surface area contributed by atoms with Gasteiger partial charge in [0.1, 0.15) is 5.65 Å². The summed E-state index contributed by atoms with van der Waals surface area (Å²) in [6.07, 6.45) is 6.01. The summed E-state index contributed by atoms with van der Waals surface area (Å²) in [4.78, 5) is 20.1. The Morgan fingerprint density at radius 3 is 2.56 bits per heavy atom. The maximum Gasteiger partial charge on any atom is 0.261 e. The van der Waals surface area contributed by atoms with Crippen LogP contribution in [0.4, 0.5) is 0 Å². The number of aromatic nitrogens is 2. The largest absolute Gasteiger partial charge is 0.373 e. The van der Waals surface area contributed by atoms with Gasteiger partial charge in [0.25, 0.3) is 5.56 Å². The van der Waals surface area contributed by atoms with E-state index in [9.17, 15) is 4.79 Å². The first-order valence-electron chi connectivity index (χ1n) is 11.9. The standard InChI is InChI=1S/C27H35N3O2/c1-4-19-32-26(22-10-8-20(2)9-11-22)23-12-16-29(17-13-23)18-14-24-21(3)28-25-7-5-6-15-30(25)27(24)31/h5-11,15,23,26H,4,12-14,16-19H2,1-3H3/t26-/m0/s1. The van der Waals surface area contributed by atoms with Crippen LogP contribution in [0.5, 0.6) is 0 Å². The molecule has 1 aliphatic rings. The summed E-state index contributed by atoms with van der Waals surface area (Å²) in [5.74, 6) is 0.537. The average molecular weight is 434 g/mol. The molecule has 0 unspecified atom stereocenters. The molecule has 5 heteroatoms. The Kier molecular flexibility index (Phi) is 7.38. The number of piperidine rings is 1. The number of ether oxygens (including phenoxy) is 1. The second kappa shape index (κ2) is 10.4. The minimum atomic E-state index is 0.0652. The third kappa shape index (κ3) is 5.11. The van der Waals surface area contributed by atoms with Crippen molar-refractivity contribution in [2.75, 3.05) is 26.2 Å². The molecule has 1 aliphatic heterocycles. The number of hydrogen-bond donors (Lipinski definition) is 0. The van der Waals surface area contributed by atoms with Crippen LogP contribution in [-0.2, 0) is 11.2 Å². The smallest absolute Gasteiger partial charge is 0.261 e. The monoisotopic (exact) mass is 433 g/mol. The van der Waals surface area contributed by atoms with Crippen molar-refractivity contribution in [3.8, 4) is 0 Å². The van der Waals surface area contributed by atoms with Crippen molar-refractivity contribution < 1.29 is 4.74 Å². The number of benzene rings is 1. The number of nitrogens with zero attached hydrogens (tertiary/aromatic N) is 3. The van der Waals surface area contributed by atoms with Gasteiger partial charge in [-0.05, 0) is 76.2 Å². The van der Waals surface area contributed by atoms with Crippen molar-refractivity contribution in [1.82, 2.24) is 14.3 Å². The van der Waals surface area contributed by atoms with Crippen molar-refractivity contribution in [3.05, 3.63) is 81.4 Å². The molecule has 1 atom stereocenters. The number of fused-ring (bicyclic) bond motifs is 1. The SMILES string of the molecule is CCCO[C@@H](c1ccc(C)cc1)C1CCN(CCc2c(C)nc3ccccn3c2=O)CC1. The molecule has 32 heavy (non-hydrogen) atoms. The summed E-state index contributed by atoms with van der Waals surface area (Å²) in [7, 11) is 0.